The van der Waals surface area contributed by atoms with E-state index in [1.165, 1.54) is 0 Å². The molecule has 1 heterocycles. The number of hydrogen-bond donors (Lipinski definition) is 0. The van der Waals surface area contributed by atoms with Crippen molar-refractivity contribution in [1.82, 2.24) is 4.90 Å². The Balaban J connectivity index is 2.25. The Hall–Kier alpha value is -0.350. The maximum Gasteiger partial charge on any atom is 0.254 e. The van der Waals surface area contributed by atoms with E-state index in [-0.39, 0.29) is 5.91 Å². The fraction of sp³-hybridized carbons (Fsp3) is 0.462. The Bertz CT molecular complexity index is 427. The minimum absolute atomic E-state index is 0.129. The molecule has 0 aromatic heterocycles. The van der Waals surface area contributed by atoms with Gasteiger partial charge < -0.3 is 4.90 Å². The van der Waals surface area contributed by atoms with Gasteiger partial charge in [0, 0.05) is 27.1 Å². The molecule has 2 atom stereocenters. The van der Waals surface area contributed by atoms with Gasteiger partial charge in [0.15, 0.2) is 0 Å². The number of rotatable bonds is 1. The summed E-state index contributed by atoms with van der Waals surface area (Å²) in [6.07, 6.45) is 1.10. The predicted octanol–water partition coefficient (Wildman–Crippen LogP) is 4.08. The van der Waals surface area contributed by atoms with Gasteiger partial charge in [0.1, 0.15) is 0 Å². The zero-order valence-electron chi connectivity index (χ0n) is 9.91. The van der Waals surface area contributed by atoms with Gasteiger partial charge in [-0.25, -0.2) is 0 Å². The van der Waals surface area contributed by atoms with Crippen molar-refractivity contribution in [2.24, 2.45) is 5.92 Å². The first-order valence-corrected chi connectivity index (χ1v) is 7.33. The van der Waals surface area contributed by atoms with Crippen molar-refractivity contribution in [2.75, 3.05) is 6.54 Å². The van der Waals surface area contributed by atoms with Crippen LogP contribution in [0.25, 0.3) is 0 Å². The Morgan fingerprint density at radius 1 is 1.24 bits per heavy atom. The molecular formula is C13H15Br2NO. The fourth-order valence-electron chi connectivity index (χ4n) is 2.43. The van der Waals surface area contributed by atoms with E-state index >= 15 is 0 Å². The van der Waals surface area contributed by atoms with Crippen LogP contribution in [-0.2, 0) is 0 Å². The normalized spacial score (nSPS) is 24.1. The van der Waals surface area contributed by atoms with Crippen molar-refractivity contribution < 1.29 is 4.79 Å². The van der Waals surface area contributed by atoms with E-state index in [9.17, 15) is 4.79 Å². The fourth-order valence-corrected chi connectivity index (χ4v) is 3.72. The number of amides is 1. The molecule has 0 N–H and O–H groups in total. The Morgan fingerprint density at radius 3 is 2.29 bits per heavy atom. The standard InChI is InChI=1S/C13H15Br2NO/c1-8-3-9(2)16(7-8)13(17)10-4-11(14)6-12(15)5-10/h4-6,8-9H,3,7H2,1-2H3. The molecule has 92 valence electrons. The zero-order chi connectivity index (χ0) is 12.6. The van der Waals surface area contributed by atoms with Crippen LogP contribution in [-0.4, -0.2) is 23.4 Å². The van der Waals surface area contributed by atoms with E-state index in [2.05, 4.69) is 45.7 Å². The van der Waals surface area contributed by atoms with Crippen LogP contribution >= 0.6 is 31.9 Å². The maximum atomic E-state index is 12.4. The third kappa shape index (κ3) is 2.91. The molecule has 2 unspecified atom stereocenters. The van der Waals surface area contributed by atoms with Crippen LogP contribution in [0.1, 0.15) is 30.6 Å². The third-order valence-electron chi connectivity index (χ3n) is 3.15. The summed E-state index contributed by atoms with van der Waals surface area (Å²) in [5, 5.41) is 0. The second-order valence-electron chi connectivity index (χ2n) is 4.81. The molecule has 0 spiro atoms. The average molecular weight is 361 g/mol. The summed E-state index contributed by atoms with van der Waals surface area (Å²) < 4.78 is 1.85. The molecule has 2 nitrogen and oxygen atoms in total. The quantitative estimate of drug-likeness (QED) is 0.738. The molecule has 1 aliphatic heterocycles. The first kappa shape index (κ1) is 13.1. The van der Waals surface area contributed by atoms with E-state index in [4.69, 9.17) is 0 Å². The van der Waals surface area contributed by atoms with Gasteiger partial charge in [-0.15, -0.1) is 0 Å². The van der Waals surface area contributed by atoms with Gasteiger partial charge in [0.2, 0.25) is 0 Å². The molecule has 0 bridgehead atoms. The number of hydrogen-bond acceptors (Lipinski definition) is 1. The second kappa shape index (κ2) is 5.11. The molecule has 4 heteroatoms. The van der Waals surface area contributed by atoms with Crippen molar-refractivity contribution in [3.8, 4) is 0 Å². The van der Waals surface area contributed by atoms with Gasteiger partial charge in [-0.3, -0.25) is 4.79 Å². The minimum atomic E-state index is 0.129. The van der Waals surface area contributed by atoms with Crippen LogP contribution in [0.15, 0.2) is 27.1 Å². The molecule has 1 amide bonds. The van der Waals surface area contributed by atoms with Gasteiger partial charge in [0.05, 0.1) is 0 Å². The Labute approximate surface area is 119 Å². The molecule has 0 aliphatic carbocycles. The highest BCUT2D eigenvalue weighted by Crippen LogP contribution is 2.26. The summed E-state index contributed by atoms with van der Waals surface area (Å²) in [7, 11) is 0. The van der Waals surface area contributed by atoms with E-state index in [1.54, 1.807) is 0 Å². The Kier molecular flexibility index (Phi) is 3.93. The Morgan fingerprint density at radius 2 is 1.82 bits per heavy atom. The monoisotopic (exact) mass is 359 g/mol. The first-order chi connectivity index (χ1) is 7.97. The van der Waals surface area contributed by atoms with Crippen LogP contribution in [0.4, 0.5) is 0 Å². The highest BCUT2D eigenvalue weighted by Gasteiger charge is 2.30. The number of benzene rings is 1. The summed E-state index contributed by atoms with van der Waals surface area (Å²) >= 11 is 6.83. The van der Waals surface area contributed by atoms with Crippen molar-refractivity contribution in [3.63, 3.8) is 0 Å². The molecule has 17 heavy (non-hydrogen) atoms. The number of likely N-dealkylation sites (tertiary alicyclic amines) is 1. The van der Waals surface area contributed by atoms with Gasteiger partial charge >= 0.3 is 0 Å². The lowest BCUT2D eigenvalue weighted by Crippen LogP contribution is -2.33. The van der Waals surface area contributed by atoms with Crippen LogP contribution in [0.3, 0.4) is 0 Å². The molecule has 1 aromatic rings. The third-order valence-corrected chi connectivity index (χ3v) is 4.07. The molecule has 2 rings (SSSR count). The highest BCUT2D eigenvalue weighted by atomic mass is 79.9. The van der Waals surface area contributed by atoms with Crippen LogP contribution in [0.5, 0.6) is 0 Å². The van der Waals surface area contributed by atoms with Gasteiger partial charge in [-0.1, -0.05) is 38.8 Å². The summed E-state index contributed by atoms with van der Waals surface area (Å²) in [5.74, 6) is 0.730. The largest absolute Gasteiger partial charge is 0.336 e. The lowest BCUT2D eigenvalue weighted by Gasteiger charge is -2.21. The van der Waals surface area contributed by atoms with Crippen molar-refractivity contribution >= 4 is 37.8 Å². The SMILES string of the molecule is CC1CC(C)N(C(=O)c2cc(Br)cc(Br)c2)C1. The van der Waals surface area contributed by atoms with Crippen molar-refractivity contribution in [1.29, 1.82) is 0 Å². The zero-order valence-corrected chi connectivity index (χ0v) is 13.1. The molecule has 1 aliphatic rings. The maximum absolute atomic E-state index is 12.4. The first-order valence-electron chi connectivity index (χ1n) is 5.74. The molecule has 1 fully saturated rings. The lowest BCUT2D eigenvalue weighted by atomic mass is 10.1. The van der Waals surface area contributed by atoms with E-state index in [0.29, 0.717) is 12.0 Å². The number of carbonyl (C=O) groups excluding carboxylic acids is 1. The van der Waals surface area contributed by atoms with Gasteiger partial charge in [-0.2, -0.15) is 0 Å². The minimum Gasteiger partial charge on any atom is -0.336 e. The predicted molar refractivity (Wildman–Crippen MR) is 76.1 cm³/mol. The lowest BCUT2D eigenvalue weighted by molar-refractivity contribution is 0.0743. The second-order valence-corrected chi connectivity index (χ2v) is 6.64. The molecule has 1 aromatic carbocycles. The molecule has 0 saturated carbocycles. The smallest absolute Gasteiger partial charge is 0.254 e. The number of halogens is 2. The number of nitrogens with zero attached hydrogens (tertiary/aromatic N) is 1. The topological polar surface area (TPSA) is 20.3 Å². The van der Waals surface area contributed by atoms with E-state index in [0.717, 1.165) is 27.5 Å². The summed E-state index contributed by atoms with van der Waals surface area (Å²) in [4.78, 5) is 14.4. The van der Waals surface area contributed by atoms with Gasteiger partial charge in [0.25, 0.3) is 5.91 Å². The van der Waals surface area contributed by atoms with E-state index in [1.807, 2.05) is 23.1 Å². The average Bonchev–Trinajstić information content (AvgIpc) is 2.55. The van der Waals surface area contributed by atoms with Crippen LogP contribution in [0.2, 0.25) is 0 Å². The summed E-state index contributed by atoms with van der Waals surface area (Å²) in [6, 6.07) is 6.04. The van der Waals surface area contributed by atoms with Crippen LogP contribution in [0, 0.1) is 5.92 Å². The highest BCUT2D eigenvalue weighted by molar-refractivity contribution is 9.11. The van der Waals surface area contributed by atoms with Crippen molar-refractivity contribution in [3.05, 3.63) is 32.7 Å². The number of carbonyl (C=O) groups is 1. The molecule has 1 saturated heterocycles. The summed E-state index contributed by atoms with van der Waals surface area (Å²) in [5.41, 5.74) is 0.743. The molecule has 0 radical (unpaired) electrons. The van der Waals surface area contributed by atoms with Gasteiger partial charge in [-0.05, 0) is 37.5 Å². The van der Waals surface area contributed by atoms with Crippen molar-refractivity contribution in [2.45, 2.75) is 26.3 Å². The van der Waals surface area contributed by atoms with E-state index < -0.39 is 0 Å². The molecular weight excluding hydrogens is 346 g/mol. The summed E-state index contributed by atoms with van der Waals surface area (Å²) in [6.45, 7) is 5.18. The van der Waals surface area contributed by atoms with Crippen LogP contribution < -0.4 is 0 Å².